The molecular weight excluding hydrogens is 612 g/mol. The molecule has 0 bridgehead atoms. The molecule has 2 aliphatic heterocycles. The number of ketones is 1. The molecule has 0 radical (unpaired) electrons. The molecule has 6 atom stereocenters. The molecule has 1 aliphatic carbocycles. The lowest BCUT2D eigenvalue weighted by atomic mass is 9.76. The molecule has 1 saturated heterocycles. The summed E-state index contributed by atoms with van der Waals surface area (Å²) in [6, 6.07) is 11.6. The highest BCUT2D eigenvalue weighted by Crippen LogP contribution is 2.41. The van der Waals surface area contributed by atoms with Crippen LogP contribution in [0.15, 0.2) is 41.2 Å². The number of nitrogens with zero attached hydrogens (tertiary/aromatic N) is 2. The average Bonchev–Trinajstić information content (AvgIpc) is 3.42. The molecular formula is C34H42N2O11. The van der Waals surface area contributed by atoms with Crippen molar-refractivity contribution >= 4 is 22.7 Å². The van der Waals surface area contributed by atoms with Gasteiger partial charge in [0.2, 0.25) is 0 Å². The fourth-order valence-electron chi connectivity index (χ4n) is 6.57. The number of rotatable bonds is 11. The van der Waals surface area contributed by atoms with Crippen molar-refractivity contribution in [2.45, 2.75) is 89.3 Å². The Balaban J connectivity index is 0.00000433. The van der Waals surface area contributed by atoms with Gasteiger partial charge in [-0.05, 0) is 37.5 Å². The van der Waals surface area contributed by atoms with E-state index >= 15 is 0 Å². The molecule has 1 aromatic carbocycles. The SMILES string of the molecule is C.CC[C@@]1(OC(=O)CCCOCCO[C@H]2O[C@H](CO)[C@@H](O)[C@H](O)[C@@H]2O)C(=O)CCc2c1cc1n(c2=O)Cc2cc3ccccc3nc2-1. The number of aliphatic hydroxyl groups is 4. The summed E-state index contributed by atoms with van der Waals surface area (Å²) in [4.78, 5) is 45.1. The molecule has 4 heterocycles. The van der Waals surface area contributed by atoms with Gasteiger partial charge in [0.25, 0.3) is 5.56 Å². The van der Waals surface area contributed by atoms with Crippen LogP contribution in [0.5, 0.6) is 0 Å². The zero-order chi connectivity index (χ0) is 32.6. The summed E-state index contributed by atoms with van der Waals surface area (Å²) in [7, 11) is 0. The molecule has 0 unspecified atom stereocenters. The van der Waals surface area contributed by atoms with E-state index in [0.29, 0.717) is 29.1 Å². The van der Waals surface area contributed by atoms with Gasteiger partial charge in [-0.2, -0.15) is 0 Å². The molecule has 13 heteroatoms. The summed E-state index contributed by atoms with van der Waals surface area (Å²) >= 11 is 0. The lowest BCUT2D eigenvalue weighted by Crippen LogP contribution is -2.59. The number of fused-ring (bicyclic) bond motifs is 5. The number of benzene rings is 1. The van der Waals surface area contributed by atoms with Crippen molar-refractivity contribution in [2.75, 3.05) is 26.4 Å². The quantitative estimate of drug-likeness (QED) is 0.135. The average molecular weight is 655 g/mol. The summed E-state index contributed by atoms with van der Waals surface area (Å²) < 4.78 is 23.8. The number of ether oxygens (including phenoxy) is 4. The summed E-state index contributed by atoms with van der Waals surface area (Å²) in [5, 5.41) is 40.0. The van der Waals surface area contributed by atoms with E-state index in [1.165, 1.54) is 0 Å². The molecule has 0 saturated carbocycles. The lowest BCUT2D eigenvalue weighted by Gasteiger charge is -2.39. The van der Waals surface area contributed by atoms with E-state index in [1.807, 2.05) is 30.3 Å². The van der Waals surface area contributed by atoms with Gasteiger partial charge in [0.1, 0.15) is 24.4 Å². The third-order valence-electron chi connectivity index (χ3n) is 9.08. The minimum Gasteiger partial charge on any atom is -0.446 e. The first-order valence-electron chi connectivity index (χ1n) is 15.6. The van der Waals surface area contributed by atoms with E-state index < -0.39 is 48.9 Å². The second-order valence-corrected chi connectivity index (χ2v) is 11.9. The van der Waals surface area contributed by atoms with Crippen LogP contribution in [0.4, 0.5) is 0 Å². The molecule has 47 heavy (non-hydrogen) atoms. The normalized spacial score (nSPS) is 26.3. The van der Waals surface area contributed by atoms with E-state index in [2.05, 4.69) is 0 Å². The Morgan fingerprint density at radius 2 is 1.85 bits per heavy atom. The van der Waals surface area contributed by atoms with E-state index in [9.17, 15) is 34.8 Å². The van der Waals surface area contributed by atoms with Crippen LogP contribution in [0.3, 0.4) is 0 Å². The van der Waals surface area contributed by atoms with Gasteiger partial charge in [0, 0.05) is 41.5 Å². The van der Waals surface area contributed by atoms with E-state index in [-0.39, 0.29) is 70.7 Å². The molecule has 3 aromatic rings. The van der Waals surface area contributed by atoms with Crippen molar-refractivity contribution in [2.24, 2.45) is 0 Å². The Labute approximate surface area is 271 Å². The van der Waals surface area contributed by atoms with Crippen molar-refractivity contribution in [1.29, 1.82) is 0 Å². The molecule has 0 spiro atoms. The number of carbonyl (C=O) groups excluding carboxylic acids is 2. The standard InChI is InChI=1S/C33H38N2O11.CH4/c1-2-33(46-26(38)8-5-11-43-12-13-44-32-30(41)29(40)28(39)24(17-36)45-32)21-15-23-27-19(14-18-6-3-4-7-22(18)34-27)16-35(23)31(42)20(21)9-10-25(33)37;/h3-4,6-7,14-15,24,28-30,32,36,39-41H,2,5,8-13,16-17H2,1H3;1H4/t24-,28-,29+,30+,32+,33+;/m1./s1. The Bertz CT molecular complexity index is 1690. The monoisotopic (exact) mass is 654 g/mol. The van der Waals surface area contributed by atoms with Gasteiger partial charge in [-0.15, -0.1) is 0 Å². The number of hydrogen-bond donors (Lipinski definition) is 4. The molecule has 3 aliphatic rings. The number of hydrogen-bond acceptors (Lipinski definition) is 12. The highest BCUT2D eigenvalue weighted by molar-refractivity contribution is 5.93. The van der Waals surface area contributed by atoms with Crippen molar-refractivity contribution in [3.8, 4) is 11.4 Å². The Kier molecular flexibility index (Phi) is 10.6. The van der Waals surface area contributed by atoms with Gasteiger partial charge < -0.3 is 43.9 Å². The van der Waals surface area contributed by atoms with Gasteiger partial charge in [-0.1, -0.05) is 32.5 Å². The number of pyridine rings is 2. The number of aliphatic hydroxyl groups excluding tert-OH is 4. The molecule has 13 nitrogen and oxygen atoms in total. The zero-order valence-corrected chi connectivity index (χ0v) is 25.5. The molecule has 1 fully saturated rings. The number of esters is 1. The van der Waals surface area contributed by atoms with Crippen LogP contribution in [-0.4, -0.2) is 98.9 Å². The van der Waals surface area contributed by atoms with Gasteiger partial charge in [0.05, 0.1) is 43.3 Å². The summed E-state index contributed by atoms with van der Waals surface area (Å²) in [5.74, 6) is -0.833. The predicted octanol–water partition coefficient (Wildman–Crippen LogP) is 1.34. The smallest absolute Gasteiger partial charge is 0.307 e. The number of aromatic nitrogens is 2. The van der Waals surface area contributed by atoms with Crippen LogP contribution in [0.1, 0.15) is 56.7 Å². The van der Waals surface area contributed by atoms with Crippen molar-refractivity contribution < 1.29 is 49.0 Å². The molecule has 0 amide bonds. The van der Waals surface area contributed by atoms with Gasteiger partial charge in [-0.3, -0.25) is 14.4 Å². The number of Topliss-reactive ketones (excluding diaryl/α,β-unsaturated/α-hetero) is 1. The predicted molar refractivity (Wildman–Crippen MR) is 168 cm³/mol. The van der Waals surface area contributed by atoms with Crippen LogP contribution in [0.25, 0.3) is 22.3 Å². The van der Waals surface area contributed by atoms with E-state index in [0.717, 1.165) is 16.5 Å². The third-order valence-corrected chi connectivity index (χ3v) is 9.08. The summed E-state index contributed by atoms with van der Waals surface area (Å²) in [6.45, 7) is 1.82. The van der Waals surface area contributed by atoms with Gasteiger partial charge in [-0.25, -0.2) is 4.98 Å². The maximum Gasteiger partial charge on any atom is 0.307 e. The topological polar surface area (TPSA) is 187 Å². The fraction of sp³-hybridized carbons (Fsp3) is 0.529. The lowest BCUT2D eigenvalue weighted by molar-refractivity contribution is -0.302. The highest BCUT2D eigenvalue weighted by atomic mass is 16.7. The summed E-state index contributed by atoms with van der Waals surface area (Å²) in [6.07, 6.45) is -6.04. The van der Waals surface area contributed by atoms with E-state index in [1.54, 1.807) is 17.6 Å². The minimum absolute atomic E-state index is 0. The van der Waals surface area contributed by atoms with Crippen molar-refractivity contribution in [3.63, 3.8) is 0 Å². The Hall–Kier alpha value is -3.56. The number of carbonyl (C=O) groups is 2. The first-order chi connectivity index (χ1) is 22.2. The molecule has 254 valence electrons. The van der Waals surface area contributed by atoms with Crippen molar-refractivity contribution in [3.05, 3.63) is 63.4 Å². The first-order valence-corrected chi connectivity index (χ1v) is 15.6. The van der Waals surface area contributed by atoms with E-state index in [4.69, 9.17) is 23.9 Å². The Morgan fingerprint density at radius 3 is 2.62 bits per heavy atom. The van der Waals surface area contributed by atoms with Gasteiger partial charge in [0.15, 0.2) is 17.7 Å². The molecule has 2 aromatic heterocycles. The first kappa shape index (κ1) is 34.8. The maximum atomic E-state index is 13.7. The second-order valence-electron chi connectivity index (χ2n) is 11.9. The highest BCUT2D eigenvalue weighted by Gasteiger charge is 2.48. The molecule has 6 rings (SSSR count). The fourth-order valence-corrected chi connectivity index (χ4v) is 6.57. The maximum absolute atomic E-state index is 13.7. The zero-order valence-electron chi connectivity index (χ0n) is 25.5. The van der Waals surface area contributed by atoms with Crippen LogP contribution < -0.4 is 5.56 Å². The molecule has 4 N–H and O–H groups in total. The van der Waals surface area contributed by atoms with Crippen LogP contribution >= 0.6 is 0 Å². The minimum atomic E-state index is -1.57. The van der Waals surface area contributed by atoms with Crippen LogP contribution in [0.2, 0.25) is 0 Å². The second kappa shape index (κ2) is 14.3. The number of para-hydroxylation sites is 1. The Morgan fingerprint density at radius 1 is 1.06 bits per heavy atom. The van der Waals surface area contributed by atoms with Crippen LogP contribution in [0, 0.1) is 0 Å². The van der Waals surface area contributed by atoms with Crippen LogP contribution in [-0.2, 0) is 47.1 Å². The van der Waals surface area contributed by atoms with Gasteiger partial charge >= 0.3 is 5.97 Å². The largest absolute Gasteiger partial charge is 0.446 e. The van der Waals surface area contributed by atoms with Crippen molar-refractivity contribution in [1.82, 2.24) is 9.55 Å². The third kappa shape index (κ3) is 6.36. The summed E-state index contributed by atoms with van der Waals surface area (Å²) in [5.41, 5.74) is 2.15.